The Morgan fingerprint density at radius 2 is 0.750 bits per heavy atom. The van der Waals surface area contributed by atoms with E-state index in [-0.39, 0.29) is 0 Å². The summed E-state index contributed by atoms with van der Waals surface area (Å²) in [6.45, 7) is 0. The van der Waals surface area contributed by atoms with Crippen molar-refractivity contribution in [1.82, 2.24) is 0 Å². The number of rotatable bonds is 2. The van der Waals surface area contributed by atoms with Crippen LogP contribution in [0.3, 0.4) is 0 Å². The maximum absolute atomic E-state index is 11.9. The molecule has 6 rings (SSSR count). The van der Waals surface area contributed by atoms with Crippen molar-refractivity contribution in [2.45, 2.75) is 0 Å². The highest BCUT2D eigenvalue weighted by Gasteiger charge is 2.14. The molecule has 0 spiro atoms. The minimum Gasteiger partial charge on any atom is -0.276 e. The molecule has 0 bridgehead atoms. The zero-order valence-corrected chi connectivity index (χ0v) is 18.2. The van der Waals surface area contributed by atoms with E-state index < -0.39 is 10.5 Å². The van der Waals surface area contributed by atoms with Gasteiger partial charge >= 0.3 is 0 Å². The Bertz CT molecular complexity index is 1650. The fraction of sp³-hybridized carbons (Fsp3) is 0. The zero-order valence-electron chi connectivity index (χ0n) is 16.7. The van der Waals surface area contributed by atoms with Crippen molar-refractivity contribution in [2.75, 3.05) is 0 Å². The fourth-order valence-electron chi connectivity index (χ4n) is 4.75. The Labute approximate surface area is 192 Å². The smallest absolute Gasteiger partial charge is 0.252 e. The minimum absolute atomic E-state index is 0.462. The van der Waals surface area contributed by atoms with Gasteiger partial charge in [0.1, 0.15) is 0 Å². The van der Waals surface area contributed by atoms with Crippen LogP contribution in [0.5, 0.6) is 0 Å². The summed E-state index contributed by atoms with van der Waals surface area (Å²) in [5, 5.41) is 9.43. The lowest BCUT2D eigenvalue weighted by Gasteiger charge is -2.14. The molecule has 0 atom stereocenters. The second-order valence-corrected chi connectivity index (χ2v) is 8.66. The van der Waals surface area contributed by atoms with Gasteiger partial charge in [-0.3, -0.25) is 9.59 Å². The fourth-order valence-corrected chi connectivity index (χ4v) is 4.98. The molecule has 4 heteroatoms. The molecule has 0 aromatic heterocycles. The topological polar surface area (TPSA) is 34.1 Å². The third kappa shape index (κ3) is 2.81. The van der Waals surface area contributed by atoms with Crippen LogP contribution in [0.15, 0.2) is 84.9 Å². The van der Waals surface area contributed by atoms with Crippen molar-refractivity contribution >= 4 is 87.5 Å². The summed E-state index contributed by atoms with van der Waals surface area (Å²) in [5.74, 6) is 0. The molecule has 0 N–H and O–H groups in total. The van der Waals surface area contributed by atoms with E-state index in [2.05, 4.69) is 48.5 Å². The average molecular weight is 453 g/mol. The van der Waals surface area contributed by atoms with Crippen LogP contribution in [0.2, 0.25) is 0 Å². The first-order chi connectivity index (χ1) is 15.5. The van der Waals surface area contributed by atoms with Gasteiger partial charge in [-0.1, -0.05) is 60.7 Å². The third-order valence-corrected chi connectivity index (χ3v) is 6.67. The molecule has 0 heterocycles. The number of hydrogen-bond acceptors (Lipinski definition) is 2. The van der Waals surface area contributed by atoms with Crippen LogP contribution in [0.1, 0.15) is 20.7 Å². The Kier molecular flexibility index (Phi) is 4.23. The van der Waals surface area contributed by atoms with Crippen LogP contribution in [0.25, 0.3) is 53.9 Å². The number of halogens is 2. The number of fused-ring (bicyclic) bond motifs is 9. The Hall–Kier alpha value is -3.46. The number of carbonyl (C=O) groups is 2. The largest absolute Gasteiger partial charge is 0.276 e. The molecule has 0 aliphatic rings. The number of carbonyl (C=O) groups excluding carboxylic acids is 2. The standard InChI is InChI=1S/C28H14Cl2O2/c29-27(31)20-11-3-15-1-5-17-7-9-19-10-8-18-6-2-16-4-12-21(28(30)32)14-23(16)25(18)26(19)24(17)22(15)13-20/h1-14H. The molecule has 0 aliphatic carbocycles. The molecule has 0 saturated carbocycles. The Balaban J connectivity index is 1.93. The molecule has 0 aliphatic heterocycles. The summed E-state index contributed by atoms with van der Waals surface area (Å²) < 4.78 is 0. The number of benzene rings is 6. The SMILES string of the molecule is O=C(Cl)c1ccc2ccc3ccc4ccc5ccc6ccc(C(=O)Cl)cc6c5c4c3c2c1. The van der Waals surface area contributed by atoms with Crippen LogP contribution in [0, 0.1) is 0 Å². The number of hydrogen-bond donors (Lipinski definition) is 0. The summed E-state index contributed by atoms with van der Waals surface area (Å²) in [6.07, 6.45) is 0. The van der Waals surface area contributed by atoms with Crippen molar-refractivity contribution in [3.8, 4) is 0 Å². The molecule has 0 unspecified atom stereocenters. The van der Waals surface area contributed by atoms with E-state index in [0.29, 0.717) is 11.1 Å². The van der Waals surface area contributed by atoms with Gasteiger partial charge in [0.25, 0.3) is 10.5 Å². The first-order valence-corrected chi connectivity index (χ1v) is 10.9. The van der Waals surface area contributed by atoms with E-state index in [1.807, 2.05) is 24.3 Å². The van der Waals surface area contributed by atoms with Crippen LogP contribution in [0.4, 0.5) is 0 Å². The third-order valence-electron chi connectivity index (χ3n) is 6.24. The molecule has 0 saturated heterocycles. The van der Waals surface area contributed by atoms with Crippen LogP contribution in [-0.2, 0) is 0 Å². The highest BCUT2D eigenvalue weighted by Crippen LogP contribution is 2.40. The van der Waals surface area contributed by atoms with Crippen molar-refractivity contribution in [2.24, 2.45) is 0 Å². The van der Waals surface area contributed by atoms with Gasteiger partial charge in [-0.05, 0) is 101 Å². The molecule has 0 fully saturated rings. The van der Waals surface area contributed by atoms with E-state index in [9.17, 15) is 9.59 Å². The molecule has 152 valence electrons. The maximum atomic E-state index is 11.9. The molecule has 0 amide bonds. The van der Waals surface area contributed by atoms with E-state index in [4.69, 9.17) is 23.2 Å². The predicted molar refractivity (Wildman–Crippen MR) is 134 cm³/mol. The van der Waals surface area contributed by atoms with E-state index in [0.717, 1.165) is 53.9 Å². The second kappa shape index (κ2) is 7.03. The lowest BCUT2D eigenvalue weighted by Crippen LogP contribution is -1.91. The first kappa shape index (κ1) is 19.2. The zero-order chi connectivity index (χ0) is 22.0. The monoisotopic (exact) mass is 452 g/mol. The normalized spacial score (nSPS) is 11.7. The highest BCUT2D eigenvalue weighted by molar-refractivity contribution is 6.68. The van der Waals surface area contributed by atoms with E-state index in [1.165, 1.54) is 0 Å². The van der Waals surface area contributed by atoms with Crippen molar-refractivity contribution in [3.05, 3.63) is 96.1 Å². The van der Waals surface area contributed by atoms with Gasteiger partial charge in [0.2, 0.25) is 0 Å². The van der Waals surface area contributed by atoms with Gasteiger partial charge in [-0.15, -0.1) is 0 Å². The van der Waals surface area contributed by atoms with Crippen molar-refractivity contribution in [1.29, 1.82) is 0 Å². The minimum atomic E-state index is -0.482. The van der Waals surface area contributed by atoms with Gasteiger partial charge < -0.3 is 0 Å². The van der Waals surface area contributed by atoms with Crippen LogP contribution >= 0.6 is 23.2 Å². The van der Waals surface area contributed by atoms with Gasteiger partial charge in [0, 0.05) is 11.1 Å². The van der Waals surface area contributed by atoms with Gasteiger partial charge in [-0.2, -0.15) is 0 Å². The quantitative estimate of drug-likeness (QED) is 0.196. The molecular weight excluding hydrogens is 439 g/mol. The van der Waals surface area contributed by atoms with E-state index in [1.54, 1.807) is 12.1 Å². The van der Waals surface area contributed by atoms with Gasteiger partial charge in [-0.25, -0.2) is 0 Å². The molecule has 0 radical (unpaired) electrons. The summed E-state index contributed by atoms with van der Waals surface area (Å²) in [7, 11) is 0. The summed E-state index contributed by atoms with van der Waals surface area (Å²) in [4.78, 5) is 23.8. The van der Waals surface area contributed by atoms with Crippen molar-refractivity contribution < 1.29 is 9.59 Å². The van der Waals surface area contributed by atoms with Crippen LogP contribution < -0.4 is 0 Å². The maximum Gasteiger partial charge on any atom is 0.252 e. The average Bonchev–Trinajstić information content (AvgIpc) is 2.82. The molecular formula is C28H14Cl2O2. The summed E-state index contributed by atoms with van der Waals surface area (Å²) in [5.41, 5.74) is 0.924. The first-order valence-electron chi connectivity index (χ1n) is 10.2. The predicted octanol–water partition coefficient (Wildman–Crippen LogP) is 8.21. The van der Waals surface area contributed by atoms with Crippen molar-refractivity contribution in [3.63, 3.8) is 0 Å². The second-order valence-electron chi connectivity index (χ2n) is 7.98. The van der Waals surface area contributed by atoms with Gasteiger partial charge in [0.05, 0.1) is 0 Å². The Morgan fingerprint density at radius 3 is 1.12 bits per heavy atom. The van der Waals surface area contributed by atoms with Crippen LogP contribution in [-0.4, -0.2) is 10.5 Å². The summed E-state index contributed by atoms with van der Waals surface area (Å²) in [6, 6.07) is 27.8. The molecule has 6 aromatic carbocycles. The molecule has 32 heavy (non-hydrogen) atoms. The lowest BCUT2D eigenvalue weighted by atomic mass is 9.90. The highest BCUT2D eigenvalue weighted by atomic mass is 35.5. The lowest BCUT2D eigenvalue weighted by molar-refractivity contribution is 0.107. The molecule has 2 nitrogen and oxygen atoms in total. The molecule has 6 aromatic rings. The van der Waals surface area contributed by atoms with E-state index >= 15 is 0 Å². The summed E-state index contributed by atoms with van der Waals surface area (Å²) >= 11 is 11.6. The van der Waals surface area contributed by atoms with Gasteiger partial charge in [0.15, 0.2) is 0 Å². The Morgan fingerprint density at radius 1 is 0.438 bits per heavy atom.